The molecular formula is C10H12N2OS2. The van der Waals surface area contributed by atoms with Gasteiger partial charge in [-0.15, -0.1) is 11.3 Å². The molecule has 80 valence electrons. The summed E-state index contributed by atoms with van der Waals surface area (Å²) in [5.74, 6) is 0.412. The van der Waals surface area contributed by atoms with E-state index in [-0.39, 0.29) is 5.56 Å². The molecule has 0 aliphatic heterocycles. The molecule has 0 saturated heterocycles. The molecule has 0 saturated carbocycles. The molecule has 0 amide bonds. The van der Waals surface area contributed by atoms with Gasteiger partial charge in [0, 0.05) is 6.54 Å². The van der Waals surface area contributed by atoms with Crippen LogP contribution in [0.15, 0.2) is 16.2 Å². The summed E-state index contributed by atoms with van der Waals surface area (Å²) >= 11 is 6.62. The molecule has 15 heavy (non-hydrogen) atoms. The highest BCUT2D eigenvalue weighted by molar-refractivity contribution is 7.71. The Morgan fingerprint density at radius 2 is 2.33 bits per heavy atom. The molecule has 0 aliphatic carbocycles. The molecule has 3 nitrogen and oxygen atoms in total. The molecule has 2 aromatic rings. The predicted molar refractivity (Wildman–Crippen MR) is 66.1 cm³/mol. The second kappa shape index (κ2) is 3.90. The summed E-state index contributed by atoms with van der Waals surface area (Å²) in [6.07, 6.45) is 0. The van der Waals surface area contributed by atoms with Crippen molar-refractivity contribution in [3.8, 4) is 0 Å². The van der Waals surface area contributed by atoms with Gasteiger partial charge < -0.3 is 4.98 Å². The first kappa shape index (κ1) is 10.6. The van der Waals surface area contributed by atoms with Crippen LogP contribution in [-0.2, 0) is 6.54 Å². The van der Waals surface area contributed by atoms with E-state index in [0.717, 1.165) is 10.2 Å². The number of H-pyrrole nitrogens is 1. The fourth-order valence-electron chi connectivity index (χ4n) is 1.50. The number of thiophene rings is 1. The van der Waals surface area contributed by atoms with Gasteiger partial charge >= 0.3 is 0 Å². The summed E-state index contributed by atoms with van der Waals surface area (Å²) in [6, 6.07) is 1.89. The van der Waals surface area contributed by atoms with Gasteiger partial charge in [-0.2, -0.15) is 0 Å². The second-order valence-electron chi connectivity index (χ2n) is 3.90. The minimum absolute atomic E-state index is 0.0254. The molecule has 0 unspecified atom stereocenters. The van der Waals surface area contributed by atoms with Gasteiger partial charge in [0.1, 0.15) is 4.70 Å². The Kier molecular flexibility index (Phi) is 2.75. The van der Waals surface area contributed by atoms with Crippen LogP contribution in [0.1, 0.15) is 13.8 Å². The summed E-state index contributed by atoms with van der Waals surface area (Å²) in [5.41, 5.74) is 0.868. The molecule has 5 heteroatoms. The molecule has 2 heterocycles. The lowest BCUT2D eigenvalue weighted by atomic mass is 10.2. The van der Waals surface area contributed by atoms with Gasteiger partial charge in [-0.25, -0.2) is 0 Å². The van der Waals surface area contributed by atoms with Crippen molar-refractivity contribution in [3.05, 3.63) is 26.6 Å². The highest BCUT2D eigenvalue weighted by Crippen LogP contribution is 2.14. The van der Waals surface area contributed by atoms with E-state index in [4.69, 9.17) is 12.2 Å². The van der Waals surface area contributed by atoms with Crippen LogP contribution in [0.4, 0.5) is 0 Å². The molecule has 2 aromatic heterocycles. The first-order valence-electron chi connectivity index (χ1n) is 4.80. The molecule has 2 rings (SSSR count). The number of hydrogen-bond acceptors (Lipinski definition) is 3. The molecule has 0 atom stereocenters. The number of aromatic nitrogens is 2. The van der Waals surface area contributed by atoms with Crippen molar-refractivity contribution in [1.82, 2.24) is 9.55 Å². The van der Waals surface area contributed by atoms with Gasteiger partial charge in [-0.3, -0.25) is 9.36 Å². The van der Waals surface area contributed by atoms with Crippen LogP contribution in [0.2, 0.25) is 0 Å². The first-order chi connectivity index (χ1) is 7.09. The number of hydrogen-bond donors (Lipinski definition) is 1. The van der Waals surface area contributed by atoms with E-state index in [1.165, 1.54) is 11.3 Å². The van der Waals surface area contributed by atoms with E-state index in [9.17, 15) is 4.79 Å². The SMILES string of the molecule is CC(C)Cn1c(=S)[nH]c2ccsc2c1=O. The van der Waals surface area contributed by atoms with Gasteiger partial charge in [0.25, 0.3) is 5.56 Å². The Hall–Kier alpha value is -0.940. The van der Waals surface area contributed by atoms with Crippen molar-refractivity contribution >= 4 is 33.8 Å². The van der Waals surface area contributed by atoms with Crippen LogP contribution >= 0.6 is 23.6 Å². The maximum absolute atomic E-state index is 12.0. The van der Waals surface area contributed by atoms with Crippen LogP contribution in [0, 0.1) is 10.7 Å². The highest BCUT2D eigenvalue weighted by atomic mass is 32.1. The van der Waals surface area contributed by atoms with E-state index in [0.29, 0.717) is 17.2 Å². The van der Waals surface area contributed by atoms with E-state index in [1.807, 2.05) is 11.4 Å². The molecule has 0 radical (unpaired) electrons. The third-order valence-electron chi connectivity index (χ3n) is 2.14. The average molecular weight is 240 g/mol. The Morgan fingerprint density at radius 3 is 3.00 bits per heavy atom. The molecule has 0 fully saturated rings. The Balaban J connectivity index is 2.73. The quantitative estimate of drug-likeness (QED) is 0.820. The van der Waals surface area contributed by atoms with Crippen molar-refractivity contribution in [1.29, 1.82) is 0 Å². The monoisotopic (exact) mass is 240 g/mol. The molecule has 0 aliphatic rings. The van der Waals surface area contributed by atoms with Crippen LogP contribution < -0.4 is 5.56 Å². The lowest BCUT2D eigenvalue weighted by molar-refractivity contribution is 0.504. The summed E-state index contributed by atoms with van der Waals surface area (Å²) in [5, 5.41) is 1.90. The van der Waals surface area contributed by atoms with Crippen molar-refractivity contribution in [2.75, 3.05) is 0 Å². The second-order valence-corrected chi connectivity index (χ2v) is 5.21. The number of fused-ring (bicyclic) bond motifs is 1. The predicted octanol–water partition coefficient (Wildman–Crippen LogP) is 2.78. The molecular weight excluding hydrogens is 228 g/mol. The number of rotatable bonds is 2. The Bertz CT molecular complexity index is 591. The zero-order valence-corrected chi connectivity index (χ0v) is 10.2. The van der Waals surface area contributed by atoms with Crippen molar-refractivity contribution in [2.45, 2.75) is 20.4 Å². The minimum Gasteiger partial charge on any atom is -0.331 e. The largest absolute Gasteiger partial charge is 0.331 e. The molecule has 0 bridgehead atoms. The van der Waals surface area contributed by atoms with E-state index < -0.39 is 0 Å². The molecule has 0 aromatic carbocycles. The van der Waals surface area contributed by atoms with Gasteiger partial charge in [0.2, 0.25) is 0 Å². The smallest absolute Gasteiger partial charge is 0.272 e. The maximum Gasteiger partial charge on any atom is 0.272 e. The number of nitrogens with one attached hydrogen (secondary N) is 1. The van der Waals surface area contributed by atoms with Crippen molar-refractivity contribution in [3.63, 3.8) is 0 Å². The van der Waals surface area contributed by atoms with Crippen LogP contribution in [-0.4, -0.2) is 9.55 Å². The first-order valence-corrected chi connectivity index (χ1v) is 6.08. The zero-order valence-electron chi connectivity index (χ0n) is 8.61. The fourth-order valence-corrected chi connectivity index (χ4v) is 2.57. The lowest BCUT2D eigenvalue weighted by Crippen LogP contribution is -2.23. The molecule has 1 N–H and O–H groups in total. The average Bonchev–Trinajstić information content (AvgIpc) is 2.59. The van der Waals surface area contributed by atoms with Crippen molar-refractivity contribution in [2.24, 2.45) is 5.92 Å². The topological polar surface area (TPSA) is 37.8 Å². The van der Waals surface area contributed by atoms with Crippen molar-refractivity contribution < 1.29 is 0 Å². The minimum atomic E-state index is 0.0254. The standard InChI is InChI=1S/C10H12N2OS2/c1-6(2)5-12-9(13)8-7(3-4-15-8)11-10(12)14/h3-4,6H,5H2,1-2H3,(H,11,14). The third kappa shape index (κ3) is 1.89. The Morgan fingerprint density at radius 1 is 1.60 bits per heavy atom. The van der Waals surface area contributed by atoms with Gasteiger partial charge in [-0.1, -0.05) is 13.8 Å². The van der Waals surface area contributed by atoms with Crippen LogP contribution in [0.5, 0.6) is 0 Å². The summed E-state index contributed by atoms with van der Waals surface area (Å²) < 4.78 is 2.91. The lowest BCUT2D eigenvalue weighted by Gasteiger charge is -2.08. The van der Waals surface area contributed by atoms with Gasteiger partial charge in [0.05, 0.1) is 5.52 Å². The van der Waals surface area contributed by atoms with E-state index >= 15 is 0 Å². The zero-order chi connectivity index (χ0) is 11.0. The Labute approximate surface area is 96.4 Å². The number of nitrogens with zero attached hydrogens (tertiary/aromatic N) is 1. The molecule has 0 spiro atoms. The highest BCUT2D eigenvalue weighted by Gasteiger charge is 2.07. The maximum atomic E-state index is 12.0. The van der Waals surface area contributed by atoms with Gasteiger partial charge in [-0.05, 0) is 29.6 Å². The fraction of sp³-hybridized carbons (Fsp3) is 0.400. The van der Waals surface area contributed by atoms with E-state index in [2.05, 4.69) is 18.8 Å². The van der Waals surface area contributed by atoms with Gasteiger partial charge in [0.15, 0.2) is 4.77 Å². The summed E-state index contributed by atoms with van der Waals surface area (Å²) in [6.45, 7) is 4.81. The van der Waals surface area contributed by atoms with Crippen LogP contribution in [0.25, 0.3) is 10.2 Å². The summed E-state index contributed by atoms with van der Waals surface area (Å²) in [7, 11) is 0. The number of aromatic amines is 1. The van der Waals surface area contributed by atoms with Crippen LogP contribution in [0.3, 0.4) is 0 Å². The third-order valence-corrected chi connectivity index (χ3v) is 3.36. The summed E-state index contributed by atoms with van der Waals surface area (Å²) in [4.78, 5) is 15.1. The van der Waals surface area contributed by atoms with E-state index in [1.54, 1.807) is 4.57 Å². The normalized spacial score (nSPS) is 11.4.